The van der Waals surface area contributed by atoms with E-state index in [1.807, 2.05) is 30.3 Å². The van der Waals surface area contributed by atoms with Crippen LogP contribution >= 0.6 is 11.8 Å². The number of hydrogen-bond acceptors (Lipinski definition) is 7. The first-order valence-corrected chi connectivity index (χ1v) is 11.6. The average Bonchev–Trinajstić information content (AvgIpc) is 3.23. The standard InChI is InChI=1S/C25H23FN4O4S/c1-17-27-28-25(30(17)21-11-9-20(26)10-12-21)35-24(15-29(31)32)19-8-13-22(23(14-19)33-2)34-16-18-6-4-3-5-7-18/h3-14,24H,15-16H2,1-2H3/t24-/m0/s1. The van der Waals surface area contributed by atoms with Gasteiger partial charge in [0.05, 0.1) is 7.11 Å². The minimum atomic E-state index is -0.579. The highest BCUT2D eigenvalue weighted by Gasteiger charge is 2.25. The van der Waals surface area contributed by atoms with Gasteiger partial charge >= 0.3 is 0 Å². The summed E-state index contributed by atoms with van der Waals surface area (Å²) >= 11 is 1.21. The molecule has 8 nitrogen and oxygen atoms in total. The van der Waals surface area contributed by atoms with Crippen molar-refractivity contribution in [2.24, 2.45) is 0 Å². The molecule has 0 saturated heterocycles. The Kier molecular flexibility index (Phi) is 7.61. The summed E-state index contributed by atoms with van der Waals surface area (Å²) in [5, 5.41) is 19.7. The topological polar surface area (TPSA) is 92.3 Å². The average molecular weight is 495 g/mol. The highest BCUT2D eigenvalue weighted by atomic mass is 32.2. The van der Waals surface area contributed by atoms with E-state index >= 15 is 0 Å². The number of aryl methyl sites for hydroxylation is 1. The maximum Gasteiger partial charge on any atom is 0.220 e. The van der Waals surface area contributed by atoms with Crippen LogP contribution in [0.25, 0.3) is 5.69 Å². The first kappa shape index (κ1) is 24.2. The van der Waals surface area contributed by atoms with Gasteiger partial charge in [-0.3, -0.25) is 14.7 Å². The minimum Gasteiger partial charge on any atom is -0.493 e. The van der Waals surface area contributed by atoms with E-state index in [0.717, 1.165) is 5.56 Å². The predicted octanol–water partition coefficient (Wildman–Crippen LogP) is 5.41. The summed E-state index contributed by atoms with van der Waals surface area (Å²) in [6, 6.07) is 20.9. The van der Waals surface area contributed by atoms with Crippen LogP contribution in [0.3, 0.4) is 0 Å². The third-order valence-electron chi connectivity index (χ3n) is 5.24. The zero-order chi connectivity index (χ0) is 24.8. The Balaban J connectivity index is 1.61. The molecule has 0 N–H and O–H groups in total. The Morgan fingerprint density at radius 1 is 1.06 bits per heavy atom. The summed E-state index contributed by atoms with van der Waals surface area (Å²) in [6.45, 7) is 1.79. The van der Waals surface area contributed by atoms with Crippen LogP contribution in [0.5, 0.6) is 11.5 Å². The minimum absolute atomic E-state index is 0.340. The molecule has 4 aromatic rings. The van der Waals surface area contributed by atoms with Gasteiger partial charge in [-0.25, -0.2) is 4.39 Å². The number of rotatable bonds is 10. The lowest BCUT2D eigenvalue weighted by molar-refractivity contribution is -0.479. The van der Waals surface area contributed by atoms with Crippen molar-refractivity contribution in [2.45, 2.75) is 23.9 Å². The van der Waals surface area contributed by atoms with E-state index in [0.29, 0.717) is 40.3 Å². The van der Waals surface area contributed by atoms with E-state index < -0.39 is 5.25 Å². The molecule has 180 valence electrons. The molecule has 0 saturated carbocycles. The molecule has 3 aromatic carbocycles. The van der Waals surface area contributed by atoms with Crippen LogP contribution in [0.1, 0.15) is 22.2 Å². The van der Waals surface area contributed by atoms with Gasteiger partial charge in [-0.05, 0) is 54.4 Å². The zero-order valence-electron chi connectivity index (χ0n) is 19.1. The largest absolute Gasteiger partial charge is 0.493 e. The number of ether oxygens (including phenoxy) is 2. The summed E-state index contributed by atoms with van der Waals surface area (Å²) < 4.78 is 26.6. The van der Waals surface area contributed by atoms with Gasteiger partial charge < -0.3 is 9.47 Å². The highest BCUT2D eigenvalue weighted by molar-refractivity contribution is 7.99. The maximum absolute atomic E-state index is 13.4. The number of nitrogens with zero attached hydrogens (tertiary/aromatic N) is 4. The quantitative estimate of drug-likeness (QED) is 0.165. The Labute approximate surface area is 205 Å². The van der Waals surface area contributed by atoms with Crippen molar-refractivity contribution in [3.63, 3.8) is 0 Å². The number of benzene rings is 3. The van der Waals surface area contributed by atoms with Crippen molar-refractivity contribution in [2.75, 3.05) is 13.7 Å². The fraction of sp³-hybridized carbons (Fsp3) is 0.200. The van der Waals surface area contributed by atoms with Crippen molar-refractivity contribution in [1.29, 1.82) is 0 Å². The van der Waals surface area contributed by atoms with Crippen molar-refractivity contribution in [3.05, 3.63) is 106 Å². The van der Waals surface area contributed by atoms with E-state index in [1.165, 1.54) is 31.0 Å². The number of nitro groups is 1. The molecule has 10 heteroatoms. The van der Waals surface area contributed by atoms with Gasteiger partial charge in [-0.15, -0.1) is 10.2 Å². The lowest BCUT2D eigenvalue weighted by Gasteiger charge is -2.17. The summed E-state index contributed by atoms with van der Waals surface area (Å²) in [5.74, 6) is 1.24. The van der Waals surface area contributed by atoms with Gasteiger partial charge in [0.15, 0.2) is 16.7 Å². The second-order valence-corrected chi connectivity index (χ2v) is 8.82. The fourth-order valence-electron chi connectivity index (χ4n) is 3.52. The van der Waals surface area contributed by atoms with Crippen molar-refractivity contribution in [1.82, 2.24) is 14.8 Å². The molecule has 0 fully saturated rings. The van der Waals surface area contributed by atoms with E-state index in [1.54, 1.807) is 41.8 Å². The van der Waals surface area contributed by atoms with E-state index in [4.69, 9.17) is 9.47 Å². The van der Waals surface area contributed by atoms with Gasteiger partial charge in [-0.1, -0.05) is 48.2 Å². The van der Waals surface area contributed by atoms with Crippen molar-refractivity contribution < 1.29 is 18.8 Å². The molecule has 0 bridgehead atoms. The fourth-order valence-corrected chi connectivity index (χ4v) is 4.68. The third kappa shape index (κ3) is 5.96. The zero-order valence-corrected chi connectivity index (χ0v) is 19.9. The van der Waals surface area contributed by atoms with Crippen LogP contribution in [0.15, 0.2) is 78.0 Å². The second kappa shape index (κ2) is 11.0. The lowest BCUT2D eigenvalue weighted by Crippen LogP contribution is -2.11. The van der Waals surface area contributed by atoms with Crippen LogP contribution < -0.4 is 9.47 Å². The number of aromatic nitrogens is 3. The number of thioether (sulfide) groups is 1. The van der Waals surface area contributed by atoms with Gasteiger partial charge in [0.25, 0.3) is 0 Å². The van der Waals surface area contributed by atoms with Gasteiger partial charge in [0, 0.05) is 10.6 Å². The van der Waals surface area contributed by atoms with Crippen LogP contribution in [0, 0.1) is 22.9 Å². The molecule has 0 spiro atoms. The molecular formula is C25H23FN4O4S. The number of halogens is 1. The Bertz CT molecular complexity index is 1300. The lowest BCUT2D eigenvalue weighted by atomic mass is 10.1. The molecule has 1 atom stereocenters. The molecule has 0 aliphatic carbocycles. The first-order valence-electron chi connectivity index (χ1n) is 10.8. The highest BCUT2D eigenvalue weighted by Crippen LogP contribution is 2.39. The SMILES string of the molecule is COc1cc([C@H](C[N+](=O)[O-])Sc2nnc(C)n2-c2ccc(F)cc2)ccc1OCc1ccccc1. The summed E-state index contributed by atoms with van der Waals surface area (Å²) in [5.41, 5.74) is 2.36. The monoisotopic (exact) mass is 494 g/mol. The molecule has 1 aromatic heterocycles. The molecule has 0 aliphatic heterocycles. The molecule has 1 heterocycles. The van der Waals surface area contributed by atoms with E-state index in [9.17, 15) is 14.5 Å². The van der Waals surface area contributed by atoms with Crippen LogP contribution in [-0.4, -0.2) is 33.3 Å². The van der Waals surface area contributed by atoms with Crippen LogP contribution in [-0.2, 0) is 6.61 Å². The molecule has 4 rings (SSSR count). The normalized spacial score (nSPS) is 11.7. The van der Waals surface area contributed by atoms with Gasteiger partial charge in [0.1, 0.15) is 23.5 Å². The molecule has 0 unspecified atom stereocenters. The molecule has 0 radical (unpaired) electrons. The molecule has 0 aliphatic rings. The Morgan fingerprint density at radius 3 is 2.49 bits per heavy atom. The van der Waals surface area contributed by atoms with E-state index in [-0.39, 0.29) is 17.3 Å². The predicted molar refractivity (Wildman–Crippen MR) is 130 cm³/mol. The van der Waals surface area contributed by atoms with Crippen LogP contribution in [0.2, 0.25) is 0 Å². The molecule has 35 heavy (non-hydrogen) atoms. The molecule has 0 amide bonds. The summed E-state index contributed by atoms with van der Waals surface area (Å²) in [4.78, 5) is 11.1. The molecular weight excluding hydrogens is 471 g/mol. The Hall–Kier alpha value is -3.92. The first-order chi connectivity index (χ1) is 16.9. The van der Waals surface area contributed by atoms with Gasteiger partial charge in [0.2, 0.25) is 6.54 Å². The van der Waals surface area contributed by atoms with Gasteiger partial charge in [-0.2, -0.15) is 0 Å². The van der Waals surface area contributed by atoms with E-state index in [2.05, 4.69) is 10.2 Å². The van der Waals surface area contributed by atoms with Crippen molar-refractivity contribution >= 4 is 11.8 Å². The number of methoxy groups -OCH3 is 1. The number of hydrogen-bond donors (Lipinski definition) is 0. The maximum atomic E-state index is 13.4. The summed E-state index contributed by atoms with van der Waals surface area (Å²) in [7, 11) is 1.53. The van der Waals surface area contributed by atoms with Crippen LogP contribution in [0.4, 0.5) is 4.39 Å². The smallest absolute Gasteiger partial charge is 0.220 e. The second-order valence-electron chi connectivity index (χ2n) is 7.65. The Morgan fingerprint density at radius 2 is 1.80 bits per heavy atom. The summed E-state index contributed by atoms with van der Waals surface area (Å²) in [6.07, 6.45) is 0. The third-order valence-corrected chi connectivity index (χ3v) is 6.42. The van der Waals surface area contributed by atoms with Crippen molar-refractivity contribution in [3.8, 4) is 17.2 Å².